The summed E-state index contributed by atoms with van der Waals surface area (Å²) >= 11 is 0. The van der Waals surface area contributed by atoms with Gasteiger partial charge in [0.2, 0.25) is 0 Å². The van der Waals surface area contributed by atoms with E-state index in [0.29, 0.717) is 3.97 Å². The van der Waals surface area contributed by atoms with Gasteiger partial charge >= 0.3 is 10.3 Å². The number of aryl methyl sites for hydroxylation is 1. The van der Waals surface area contributed by atoms with E-state index in [1.54, 1.807) is 0 Å². The normalized spacial score (nSPS) is 11.8. The van der Waals surface area contributed by atoms with Crippen LogP contribution in [0.2, 0.25) is 0 Å². The van der Waals surface area contributed by atoms with Crippen LogP contribution in [0.4, 0.5) is 0 Å². The van der Waals surface area contributed by atoms with Gasteiger partial charge in [-0.3, -0.25) is 4.55 Å². The zero-order valence-corrected chi connectivity index (χ0v) is 6.04. The number of aromatic nitrogens is 2. The van der Waals surface area contributed by atoms with Gasteiger partial charge in [-0.15, -0.1) is 0 Å². The molecule has 5 nitrogen and oxygen atoms in total. The summed E-state index contributed by atoms with van der Waals surface area (Å²) in [7, 11) is -4.14. The topological polar surface area (TPSA) is 72.2 Å². The maximum absolute atomic E-state index is 10.4. The molecule has 0 aliphatic heterocycles. The Kier molecular flexibility index (Phi) is 1.49. The van der Waals surface area contributed by atoms with Crippen molar-refractivity contribution in [2.24, 2.45) is 0 Å². The van der Waals surface area contributed by atoms with E-state index >= 15 is 0 Å². The number of imidazole rings is 1. The van der Waals surface area contributed by atoms with Crippen molar-refractivity contribution in [2.45, 2.75) is 6.92 Å². The Bertz CT molecular complexity index is 326. The summed E-state index contributed by atoms with van der Waals surface area (Å²) in [5.74, 6) is 0.238. The molecule has 0 unspecified atom stereocenters. The van der Waals surface area contributed by atoms with Gasteiger partial charge in [0.25, 0.3) is 0 Å². The Morgan fingerprint density at radius 1 is 1.70 bits per heavy atom. The molecule has 0 aliphatic carbocycles. The molecule has 1 aromatic heterocycles. The number of hydrogen-bond acceptors (Lipinski definition) is 3. The van der Waals surface area contributed by atoms with Crippen LogP contribution in [0.25, 0.3) is 0 Å². The first-order valence-electron chi connectivity index (χ1n) is 2.50. The summed E-state index contributed by atoms with van der Waals surface area (Å²) in [4.78, 5) is 3.61. The zero-order chi connectivity index (χ0) is 7.78. The van der Waals surface area contributed by atoms with E-state index in [-0.39, 0.29) is 5.82 Å². The zero-order valence-electron chi connectivity index (χ0n) is 5.22. The van der Waals surface area contributed by atoms with Crippen molar-refractivity contribution in [1.82, 2.24) is 8.96 Å². The predicted molar refractivity (Wildman–Crippen MR) is 33.9 cm³/mol. The fourth-order valence-electron chi connectivity index (χ4n) is 0.610. The first-order valence-corrected chi connectivity index (χ1v) is 3.89. The third kappa shape index (κ3) is 1.17. The average Bonchev–Trinajstić information content (AvgIpc) is 2.11. The Labute approximate surface area is 58.2 Å². The van der Waals surface area contributed by atoms with E-state index < -0.39 is 10.3 Å². The van der Waals surface area contributed by atoms with Gasteiger partial charge in [-0.25, -0.2) is 8.96 Å². The molecule has 10 heavy (non-hydrogen) atoms. The van der Waals surface area contributed by atoms with Crippen molar-refractivity contribution >= 4 is 10.3 Å². The largest absolute Gasteiger partial charge is 0.364 e. The second kappa shape index (κ2) is 2.06. The van der Waals surface area contributed by atoms with Crippen LogP contribution in [0.15, 0.2) is 12.4 Å². The van der Waals surface area contributed by atoms with Crippen LogP contribution in [-0.4, -0.2) is 21.9 Å². The van der Waals surface area contributed by atoms with Crippen LogP contribution in [0.1, 0.15) is 5.82 Å². The van der Waals surface area contributed by atoms with Crippen LogP contribution in [0.5, 0.6) is 0 Å². The van der Waals surface area contributed by atoms with Crippen molar-refractivity contribution in [1.29, 1.82) is 0 Å². The molecule has 0 atom stereocenters. The van der Waals surface area contributed by atoms with Crippen LogP contribution in [0, 0.1) is 6.92 Å². The highest BCUT2D eigenvalue weighted by Crippen LogP contribution is 1.97. The van der Waals surface area contributed by atoms with Gasteiger partial charge in [-0.2, -0.15) is 8.42 Å². The van der Waals surface area contributed by atoms with Gasteiger partial charge in [0, 0.05) is 12.4 Å². The lowest BCUT2D eigenvalue weighted by atomic mass is 10.8. The van der Waals surface area contributed by atoms with Gasteiger partial charge < -0.3 is 0 Å². The lowest BCUT2D eigenvalue weighted by Crippen LogP contribution is -2.10. The molecule has 0 aromatic carbocycles. The highest BCUT2D eigenvalue weighted by Gasteiger charge is 2.08. The Morgan fingerprint density at radius 2 is 2.30 bits per heavy atom. The molecule has 0 bridgehead atoms. The second-order valence-corrected chi connectivity index (χ2v) is 3.04. The van der Waals surface area contributed by atoms with E-state index in [1.807, 2.05) is 0 Å². The minimum atomic E-state index is -4.14. The number of nitrogens with zero attached hydrogens (tertiary/aromatic N) is 2. The maximum Gasteiger partial charge on any atom is 0.364 e. The number of rotatable bonds is 1. The molecule has 1 aromatic rings. The molecule has 0 saturated heterocycles. The third-order valence-electron chi connectivity index (χ3n) is 1.03. The summed E-state index contributed by atoms with van der Waals surface area (Å²) in [5, 5.41) is 0. The van der Waals surface area contributed by atoms with Gasteiger partial charge in [0.05, 0.1) is 0 Å². The first-order chi connectivity index (χ1) is 4.52. The molecule has 6 heteroatoms. The molecule has 0 amide bonds. The standard InChI is InChI=1S/C4H6N2O3S/c1-4-5-2-3-6(4)10(7,8)9/h2-3H,1H3,(H,7,8,9). The summed E-state index contributed by atoms with van der Waals surface area (Å²) in [5.41, 5.74) is 0. The fourth-order valence-corrected chi connectivity index (χ4v) is 1.20. The summed E-state index contributed by atoms with van der Waals surface area (Å²) in [6, 6.07) is 0. The van der Waals surface area contributed by atoms with Gasteiger partial charge in [-0.05, 0) is 6.92 Å². The molecular weight excluding hydrogens is 156 g/mol. The van der Waals surface area contributed by atoms with Gasteiger partial charge in [-0.1, -0.05) is 0 Å². The minimum Gasteiger partial charge on any atom is -0.269 e. The van der Waals surface area contributed by atoms with Crippen LogP contribution >= 0.6 is 0 Å². The maximum atomic E-state index is 10.4. The second-order valence-electron chi connectivity index (χ2n) is 1.75. The molecule has 1 heterocycles. The van der Waals surface area contributed by atoms with E-state index in [4.69, 9.17) is 4.55 Å². The van der Waals surface area contributed by atoms with Crippen molar-refractivity contribution < 1.29 is 13.0 Å². The van der Waals surface area contributed by atoms with E-state index in [0.717, 1.165) is 0 Å². The summed E-state index contributed by atoms with van der Waals surface area (Å²) < 4.78 is 29.9. The highest BCUT2D eigenvalue weighted by atomic mass is 32.2. The minimum absolute atomic E-state index is 0.238. The highest BCUT2D eigenvalue weighted by molar-refractivity contribution is 7.84. The average molecular weight is 162 g/mol. The predicted octanol–water partition coefficient (Wildman–Crippen LogP) is -0.158. The smallest absolute Gasteiger partial charge is 0.269 e. The molecule has 0 spiro atoms. The van der Waals surface area contributed by atoms with Gasteiger partial charge in [0.1, 0.15) is 5.82 Å². The van der Waals surface area contributed by atoms with E-state index in [1.165, 1.54) is 19.3 Å². The van der Waals surface area contributed by atoms with Gasteiger partial charge in [0.15, 0.2) is 0 Å². The summed E-state index contributed by atoms with van der Waals surface area (Å²) in [6.07, 6.45) is 2.47. The van der Waals surface area contributed by atoms with Crippen LogP contribution in [-0.2, 0) is 10.3 Å². The molecular formula is C4H6N2O3S. The van der Waals surface area contributed by atoms with Crippen molar-refractivity contribution in [3.63, 3.8) is 0 Å². The molecule has 0 saturated carbocycles. The Hall–Kier alpha value is -0.880. The molecule has 0 radical (unpaired) electrons. The Balaban J connectivity index is 3.32. The summed E-state index contributed by atoms with van der Waals surface area (Å²) in [6.45, 7) is 1.48. The van der Waals surface area contributed by atoms with Crippen molar-refractivity contribution in [3.8, 4) is 0 Å². The molecule has 0 aliphatic rings. The lowest BCUT2D eigenvalue weighted by molar-refractivity contribution is 0.471. The quantitative estimate of drug-likeness (QED) is 0.582. The van der Waals surface area contributed by atoms with E-state index in [2.05, 4.69) is 4.98 Å². The lowest BCUT2D eigenvalue weighted by Gasteiger charge is -1.96. The first kappa shape index (κ1) is 7.23. The van der Waals surface area contributed by atoms with Crippen molar-refractivity contribution in [3.05, 3.63) is 18.2 Å². The van der Waals surface area contributed by atoms with E-state index in [9.17, 15) is 8.42 Å². The molecule has 1 rings (SSSR count). The van der Waals surface area contributed by atoms with Crippen LogP contribution in [0.3, 0.4) is 0 Å². The molecule has 0 fully saturated rings. The van der Waals surface area contributed by atoms with Crippen molar-refractivity contribution in [2.75, 3.05) is 0 Å². The number of hydrogen-bond donors (Lipinski definition) is 1. The fraction of sp³-hybridized carbons (Fsp3) is 0.250. The molecule has 1 N–H and O–H groups in total. The van der Waals surface area contributed by atoms with Crippen LogP contribution < -0.4 is 0 Å². The molecule has 56 valence electrons. The third-order valence-corrected chi connectivity index (χ3v) is 1.91. The SMILES string of the molecule is Cc1nccn1S(=O)(=O)O. The Morgan fingerprint density at radius 3 is 2.50 bits per heavy atom. The monoisotopic (exact) mass is 162 g/mol.